The number of carbonyl (C=O) groups is 2. The molecule has 0 fully saturated rings. The average Bonchev–Trinajstić information content (AvgIpc) is 2.66. The van der Waals surface area contributed by atoms with Gasteiger partial charge in [-0.05, 0) is 30.2 Å². The van der Waals surface area contributed by atoms with Crippen LogP contribution >= 0.6 is 0 Å². The highest BCUT2D eigenvalue weighted by molar-refractivity contribution is 5.95. The van der Waals surface area contributed by atoms with Gasteiger partial charge < -0.3 is 19.5 Å². The monoisotopic (exact) mass is 357 g/mol. The molecule has 0 spiro atoms. The lowest BCUT2D eigenvalue weighted by molar-refractivity contribution is -0.137. The molecule has 0 radical (unpaired) electrons. The highest BCUT2D eigenvalue weighted by atomic mass is 16.5. The van der Waals surface area contributed by atoms with Crippen molar-refractivity contribution in [2.24, 2.45) is 0 Å². The summed E-state index contributed by atoms with van der Waals surface area (Å²) in [5, 5.41) is 8.86. The summed E-state index contributed by atoms with van der Waals surface area (Å²) in [5.74, 6) is -0.0310. The molecule has 1 N–H and O–H groups in total. The molecule has 0 unspecified atom stereocenters. The Kier molecular flexibility index (Phi) is 7.02. The Morgan fingerprint density at radius 1 is 1.00 bits per heavy atom. The van der Waals surface area contributed by atoms with Crippen LogP contribution in [0.15, 0.2) is 48.5 Å². The number of amides is 1. The third-order valence-corrected chi connectivity index (χ3v) is 3.95. The van der Waals surface area contributed by atoms with Crippen LogP contribution in [0, 0.1) is 0 Å². The van der Waals surface area contributed by atoms with Gasteiger partial charge in [-0.3, -0.25) is 9.59 Å². The Hall–Kier alpha value is -3.02. The van der Waals surface area contributed by atoms with Crippen molar-refractivity contribution in [1.29, 1.82) is 0 Å². The lowest BCUT2D eigenvalue weighted by Crippen LogP contribution is -2.31. The van der Waals surface area contributed by atoms with E-state index in [1.165, 1.54) is 14.2 Å². The fourth-order valence-electron chi connectivity index (χ4n) is 2.63. The fraction of sp³-hybridized carbons (Fsp3) is 0.300. The number of carboxylic acids is 1. The molecule has 0 atom stereocenters. The first-order valence-corrected chi connectivity index (χ1v) is 8.32. The summed E-state index contributed by atoms with van der Waals surface area (Å²) in [6.07, 6.45) is 0.408. The Balaban J connectivity index is 2.22. The molecule has 0 saturated carbocycles. The molecule has 0 bridgehead atoms. The lowest BCUT2D eigenvalue weighted by atomic mass is 10.1. The zero-order chi connectivity index (χ0) is 18.9. The molecule has 2 aromatic carbocycles. The highest BCUT2D eigenvalue weighted by Gasteiger charge is 2.18. The maximum absolute atomic E-state index is 13.0. The van der Waals surface area contributed by atoms with Gasteiger partial charge in [-0.25, -0.2) is 0 Å². The van der Waals surface area contributed by atoms with E-state index in [1.807, 2.05) is 30.3 Å². The van der Waals surface area contributed by atoms with Gasteiger partial charge in [0.15, 0.2) is 11.5 Å². The second-order valence-electron chi connectivity index (χ2n) is 5.78. The van der Waals surface area contributed by atoms with Crippen molar-refractivity contribution in [3.05, 3.63) is 59.7 Å². The number of rotatable bonds is 9. The molecule has 6 heteroatoms. The molecule has 138 valence electrons. The third kappa shape index (κ3) is 5.24. The van der Waals surface area contributed by atoms with Crippen LogP contribution in [-0.4, -0.2) is 42.6 Å². The standard InChI is InChI=1S/C20H23NO5/c1-25-17-11-10-16(13-18(17)26-2)20(24)21(12-6-9-19(22)23)14-15-7-4-3-5-8-15/h3-5,7-8,10-11,13H,6,9,12,14H2,1-2H3,(H,22,23). The topological polar surface area (TPSA) is 76.1 Å². The van der Waals surface area contributed by atoms with Crippen molar-refractivity contribution in [2.75, 3.05) is 20.8 Å². The van der Waals surface area contributed by atoms with Crippen molar-refractivity contribution in [3.63, 3.8) is 0 Å². The molecule has 0 aliphatic heterocycles. The number of carbonyl (C=O) groups excluding carboxylic acids is 1. The normalized spacial score (nSPS) is 10.2. The molecule has 0 aliphatic carbocycles. The Morgan fingerprint density at radius 2 is 1.69 bits per heavy atom. The summed E-state index contributed by atoms with van der Waals surface area (Å²) < 4.78 is 10.5. The van der Waals surface area contributed by atoms with E-state index in [0.717, 1.165) is 5.56 Å². The van der Waals surface area contributed by atoms with Crippen molar-refractivity contribution in [1.82, 2.24) is 4.90 Å². The smallest absolute Gasteiger partial charge is 0.303 e. The number of methoxy groups -OCH3 is 2. The number of hydrogen-bond acceptors (Lipinski definition) is 4. The Morgan fingerprint density at radius 3 is 2.31 bits per heavy atom. The maximum atomic E-state index is 13.0. The molecule has 0 aliphatic rings. The first-order valence-electron chi connectivity index (χ1n) is 8.32. The zero-order valence-corrected chi connectivity index (χ0v) is 15.0. The molecule has 0 saturated heterocycles. The van der Waals surface area contributed by atoms with Crippen LogP contribution in [0.5, 0.6) is 11.5 Å². The fourth-order valence-corrected chi connectivity index (χ4v) is 2.63. The summed E-state index contributed by atoms with van der Waals surface area (Å²) in [6, 6.07) is 14.6. The lowest BCUT2D eigenvalue weighted by Gasteiger charge is -2.23. The quantitative estimate of drug-likeness (QED) is 0.746. The first-order chi connectivity index (χ1) is 12.5. The largest absolute Gasteiger partial charge is 0.493 e. The molecule has 1 amide bonds. The number of aliphatic carboxylic acids is 1. The first kappa shape index (κ1) is 19.3. The van der Waals surface area contributed by atoms with E-state index < -0.39 is 5.97 Å². The summed E-state index contributed by atoms with van der Waals surface area (Å²) >= 11 is 0. The summed E-state index contributed by atoms with van der Waals surface area (Å²) in [7, 11) is 3.05. The van der Waals surface area contributed by atoms with Gasteiger partial charge >= 0.3 is 5.97 Å². The predicted molar refractivity (Wildman–Crippen MR) is 97.6 cm³/mol. The second-order valence-corrected chi connectivity index (χ2v) is 5.78. The van der Waals surface area contributed by atoms with Crippen molar-refractivity contribution in [2.45, 2.75) is 19.4 Å². The van der Waals surface area contributed by atoms with Gasteiger partial charge in [-0.15, -0.1) is 0 Å². The van der Waals surface area contributed by atoms with Crippen LogP contribution < -0.4 is 9.47 Å². The van der Waals surface area contributed by atoms with E-state index in [1.54, 1.807) is 23.1 Å². The molecule has 6 nitrogen and oxygen atoms in total. The van der Waals surface area contributed by atoms with Crippen molar-refractivity contribution >= 4 is 11.9 Å². The van der Waals surface area contributed by atoms with E-state index in [9.17, 15) is 9.59 Å². The molecule has 26 heavy (non-hydrogen) atoms. The second kappa shape index (κ2) is 9.46. The maximum Gasteiger partial charge on any atom is 0.303 e. The number of carboxylic acid groups (broad SMARTS) is 1. The summed E-state index contributed by atoms with van der Waals surface area (Å²) in [5.41, 5.74) is 1.45. The average molecular weight is 357 g/mol. The summed E-state index contributed by atoms with van der Waals surface area (Å²) in [6.45, 7) is 0.766. The Labute approximate surface area is 153 Å². The molecule has 2 aromatic rings. The molecule has 2 rings (SSSR count). The van der Waals surface area contributed by atoms with E-state index in [-0.39, 0.29) is 12.3 Å². The van der Waals surface area contributed by atoms with Crippen molar-refractivity contribution < 1.29 is 24.2 Å². The van der Waals surface area contributed by atoms with E-state index in [0.29, 0.717) is 36.6 Å². The van der Waals surface area contributed by atoms with Crippen LogP contribution in [-0.2, 0) is 11.3 Å². The van der Waals surface area contributed by atoms with Gasteiger partial charge in [0.25, 0.3) is 5.91 Å². The minimum absolute atomic E-state index is 0.0184. The number of ether oxygens (including phenoxy) is 2. The van der Waals surface area contributed by atoms with Gasteiger partial charge in [-0.2, -0.15) is 0 Å². The van der Waals surface area contributed by atoms with Crippen LogP contribution in [0.4, 0.5) is 0 Å². The van der Waals surface area contributed by atoms with Gasteiger partial charge in [0, 0.05) is 25.1 Å². The van der Waals surface area contributed by atoms with E-state index in [2.05, 4.69) is 0 Å². The van der Waals surface area contributed by atoms with Gasteiger partial charge in [0.05, 0.1) is 14.2 Å². The van der Waals surface area contributed by atoms with Crippen LogP contribution in [0.2, 0.25) is 0 Å². The van der Waals surface area contributed by atoms with Gasteiger partial charge in [0.1, 0.15) is 0 Å². The number of benzene rings is 2. The molecular formula is C20H23NO5. The van der Waals surface area contributed by atoms with E-state index in [4.69, 9.17) is 14.6 Å². The van der Waals surface area contributed by atoms with Crippen LogP contribution in [0.3, 0.4) is 0 Å². The van der Waals surface area contributed by atoms with Crippen molar-refractivity contribution in [3.8, 4) is 11.5 Å². The van der Waals surface area contributed by atoms with E-state index >= 15 is 0 Å². The Bertz CT molecular complexity index is 745. The van der Waals surface area contributed by atoms with Gasteiger partial charge in [-0.1, -0.05) is 30.3 Å². The minimum atomic E-state index is -0.872. The summed E-state index contributed by atoms with van der Waals surface area (Å²) in [4.78, 5) is 25.4. The third-order valence-electron chi connectivity index (χ3n) is 3.95. The minimum Gasteiger partial charge on any atom is -0.493 e. The van der Waals surface area contributed by atoms with Crippen LogP contribution in [0.25, 0.3) is 0 Å². The molecule has 0 heterocycles. The predicted octanol–water partition coefficient (Wildman–Crippen LogP) is 3.21. The molecular weight excluding hydrogens is 334 g/mol. The van der Waals surface area contributed by atoms with Gasteiger partial charge in [0.2, 0.25) is 0 Å². The number of hydrogen-bond donors (Lipinski definition) is 1. The number of nitrogens with zero attached hydrogens (tertiary/aromatic N) is 1. The van der Waals surface area contributed by atoms with Crippen LogP contribution in [0.1, 0.15) is 28.8 Å². The highest BCUT2D eigenvalue weighted by Crippen LogP contribution is 2.28. The zero-order valence-electron chi connectivity index (χ0n) is 15.0. The SMILES string of the molecule is COc1ccc(C(=O)N(CCCC(=O)O)Cc2ccccc2)cc1OC. The molecule has 0 aromatic heterocycles.